The molecule has 1 N–H and O–H groups in total. The summed E-state index contributed by atoms with van der Waals surface area (Å²) in [7, 11) is 0. The van der Waals surface area contributed by atoms with Crippen molar-refractivity contribution in [1.82, 2.24) is 0 Å². The van der Waals surface area contributed by atoms with Gasteiger partial charge in [0.05, 0.1) is 6.10 Å². The molecule has 0 heterocycles. The van der Waals surface area contributed by atoms with Crippen LogP contribution in [0.5, 0.6) is 0 Å². The molecule has 1 rings (SSSR count). The minimum atomic E-state index is -0.876. The average Bonchev–Trinajstić information content (AvgIpc) is 2.08. The molecule has 0 amide bonds. The molecule has 0 aromatic heterocycles. The van der Waals surface area contributed by atoms with E-state index in [-0.39, 0.29) is 10.4 Å². The smallest absolute Gasteiger partial charge is 0.129 e. The van der Waals surface area contributed by atoms with Crippen LogP contribution < -0.4 is 0 Å². The van der Waals surface area contributed by atoms with Crippen LogP contribution in [0, 0.1) is 5.82 Å². The Bertz CT molecular complexity index is 304. The Morgan fingerprint density at radius 3 is 2.69 bits per heavy atom. The normalized spacial score (nSPS) is 15.5. The van der Waals surface area contributed by atoms with Gasteiger partial charge in [-0.3, -0.25) is 0 Å². The van der Waals surface area contributed by atoms with E-state index in [1.165, 1.54) is 18.2 Å². The molecule has 0 aliphatic rings. The van der Waals surface area contributed by atoms with E-state index in [1.807, 2.05) is 0 Å². The molecule has 1 nitrogen and oxygen atoms in total. The van der Waals surface area contributed by atoms with Crippen LogP contribution in [0.1, 0.15) is 18.6 Å². The van der Waals surface area contributed by atoms with Gasteiger partial charge in [-0.15, -0.1) is 0 Å². The van der Waals surface area contributed by atoms with Gasteiger partial charge in [0.1, 0.15) is 5.82 Å². The van der Waals surface area contributed by atoms with Crippen molar-refractivity contribution < 1.29 is 9.50 Å². The minimum Gasteiger partial charge on any atom is -0.387 e. The number of alkyl halides is 1. The third kappa shape index (κ3) is 2.66. The quantitative estimate of drug-likeness (QED) is 0.815. The van der Waals surface area contributed by atoms with Crippen LogP contribution in [-0.4, -0.2) is 9.93 Å². The Morgan fingerprint density at radius 2 is 2.15 bits per heavy atom. The van der Waals surface area contributed by atoms with E-state index in [9.17, 15) is 9.50 Å². The number of aliphatic hydroxyl groups is 1. The van der Waals surface area contributed by atoms with Crippen molar-refractivity contribution in [3.63, 3.8) is 0 Å². The summed E-state index contributed by atoms with van der Waals surface area (Å²) in [6.45, 7) is 1.74. The number of hydrogen-bond donors (Lipinski definition) is 1. The van der Waals surface area contributed by atoms with Gasteiger partial charge in [-0.2, -0.15) is 0 Å². The van der Waals surface area contributed by atoms with Crippen LogP contribution in [-0.2, 0) is 0 Å². The molecule has 0 aliphatic heterocycles. The van der Waals surface area contributed by atoms with Crippen LogP contribution in [0.25, 0.3) is 0 Å². The van der Waals surface area contributed by atoms with E-state index >= 15 is 0 Å². The molecule has 1 aromatic carbocycles. The van der Waals surface area contributed by atoms with E-state index in [2.05, 4.69) is 15.9 Å². The summed E-state index contributed by atoms with van der Waals surface area (Å²) >= 11 is 8.85. The molecular formula is C9H9BrClFO. The number of aliphatic hydroxyl groups excluding tert-OH is 1. The minimum absolute atomic E-state index is 0.208. The number of halogens is 3. The van der Waals surface area contributed by atoms with E-state index in [4.69, 9.17) is 11.6 Å². The molecule has 0 bridgehead atoms. The lowest BCUT2D eigenvalue weighted by Crippen LogP contribution is -2.09. The predicted molar refractivity (Wildman–Crippen MR) is 54.8 cm³/mol. The fraction of sp³-hybridized carbons (Fsp3) is 0.333. The number of benzene rings is 1. The molecule has 0 saturated carbocycles. The summed E-state index contributed by atoms with van der Waals surface area (Å²) in [4.78, 5) is -0.208. The fourth-order valence-electron chi connectivity index (χ4n) is 0.989. The maximum Gasteiger partial charge on any atom is 0.129 e. The van der Waals surface area contributed by atoms with Gasteiger partial charge in [0.15, 0.2) is 0 Å². The molecular weight excluding hydrogens is 258 g/mol. The van der Waals surface area contributed by atoms with Gasteiger partial charge in [0.2, 0.25) is 0 Å². The first-order chi connectivity index (χ1) is 6.02. The zero-order valence-electron chi connectivity index (χ0n) is 6.97. The third-order valence-electron chi connectivity index (χ3n) is 1.71. The number of hydrogen-bond acceptors (Lipinski definition) is 1. The SMILES string of the molecule is CC(Br)C(O)c1cc(Cl)ccc1F. The zero-order chi connectivity index (χ0) is 10.0. The molecule has 0 fully saturated rings. The Kier molecular flexibility index (Phi) is 3.71. The summed E-state index contributed by atoms with van der Waals surface area (Å²) in [5.74, 6) is -0.441. The van der Waals surface area contributed by atoms with Crippen molar-refractivity contribution in [3.05, 3.63) is 34.6 Å². The molecule has 2 unspecified atom stereocenters. The van der Waals surface area contributed by atoms with Crippen molar-refractivity contribution in [1.29, 1.82) is 0 Å². The summed E-state index contributed by atoms with van der Waals surface area (Å²) in [5.41, 5.74) is 0.219. The lowest BCUT2D eigenvalue weighted by Gasteiger charge is -2.14. The second kappa shape index (κ2) is 4.40. The molecule has 0 spiro atoms. The molecule has 13 heavy (non-hydrogen) atoms. The van der Waals surface area contributed by atoms with Gasteiger partial charge >= 0.3 is 0 Å². The number of rotatable bonds is 2. The molecule has 0 saturated heterocycles. The highest BCUT2D eigenvalue weighted by atomic mass is 79.9. The summed E-state index contributed by atoms with van der Waals surface area (Å²) in [5, 5.41) is 9.98. The van der Waals surface area contributed by atoms with Crippen molar-refractivity contribution in [2.75, 3.05) is 0 Å². The Balaban J connectivity index is 3.05. The van der Waals surface area contributed by atoms with Crippen LogP contribution >= 0.6 is 27.5 Å². The highest BCUT2D eigenvalue weighted by molar-refractivity contribution is 9.09. The average molecular weight is 268 g/mol. The summed E-state index contributed by atoms with van der Waals surface area (Å²) in [6.07, 6.45) is -0.876. The van der Waals surface area contributed by atoms with Crippen molar-refractivity contribution in [3.8, 4) is 0 Å². The van der Waals surface area contributed by atoms with Gasteiger partial charge in [0.25, 0.3) is 0 Å². The lowest BCUT2D eigenvalue weighted by molar-refractivity contribution is 0.176. The Morgan fingerprint density at radius 1 is 1.54 bits per heavy atom. The largest absolute Gasteiger partial charge is 0.387 e. The molecule has 4 heteroatoms. The second-order valence-electron chi connectivity index (χ2n) is 2.79. The molecule has 0 radical (unpaired) electrons. The van der Waals surface area contributed by atoms with Crippen molar-refractivity contribution >= 4 is 27.5 Å². The predicted octanol–water partition coefficient (Wildman–Crippen LogP) is 3.30. The standard InChI is InChI=1S/C9H9BrClFO/c1-5(10)9(13)7-4-6(11)2-3-8(7)12/h2-5,9,13H,1H3. The summed E-state index contributed by atoms with van der Waals surface area (Å²) < 4.78 is 13.1. The molecule has 2 atom stereocenters. The van der Waals surface area contributed by atoms with Crippen molar-refractivity contribution in [2.45, 2.75) is 17.9 Å². The summed E-state index contributed by atoms with van der Waals surface area (Å²) in [6, 6.07) is 4.13. The first kappa shape index (κ1) is 11.0. The van der Waals surface area contributed by atoms with Gasteiger partial charge in [-0.25, -0.2) is 4.39 Å². The maximum absolute atomic E-state index is 13.1. The van der Waals surface area contributed by atoms with E-state index in [1.54, 1.807) is 6.92 Å². The van der Waals surface area contributed by atoms with Gasteiger partial charge < -0.3 is 5.11 Å². The second-order valence-corrected chi connectivity index (χ2v) is 4.67. The first-order valence-electron chi connectivity index (χ1n) is 3.79. The fourth-order valence-corrected chi connectivity index (χ4v) is 1.45. The van der Waals surface area contributed by atoms with Crippen LogP contribution in [0.3, 0.4) is 0 Å². The van der Waals surface area contributed by atoms with Crippen LogP contribution in [0.4, 0.5) is 4.39 Å². The Labute approximate surface area is 89.7 Å². The first-order valence-corrected chi connectivity index (χ1v) is 5.09. The van der Waals surface area contributed by atoms with Crippen LogP contribution in [0.15, 0.2) is 18.2 Å². The third-order valence-corrected chi connectivity index (χ3v) is 2.45. The molecule has 72 valence electrons. The van der Waals surface area contributed by atoms with Gasteiger partial charge in [-0.1, -0.05) is 27.5 Å². The highest BCUT2D eigenvalue weighted by Crippen LogP contribution is 2.26. The van der Waals surface area contributed by atoms with Gasteiger partial charge in [-0.05, 0) is 25.1 Å². The van der Waals surface area contributed by atoms with Crippen molar-refractivity contribution in [2.24, 2.45) is 0 Å². The van der Waals surface area contributed by atoms with E-state index in [0.29, 0.717) is 5.02 Å². The van der Waals surface area contributed by atoms with Gasteiger partial charge in [0, 0.05) is 15.4 Å². The Hall–Kier alpha value is -0.120. The highest BCUT2D eigenvalue weighted by Gasteiger charge is 2.17. The molecule has 1 aromatic rings. The van der Waals surface area contributed by atoms with Crippen LogP contribution in [0.2, 0.25) is 5.02 Å². The monoisotopic (exact) mass is 266 g/mol. The molecule has 0 aliphatic carbocycles. The van der Waals surface area contributed by atoms with E-state index < -0.39 is 11.9 Å². The van der Waals surface area contributed by atoms with E-state index in [0.717, 1.165) is 0 Å². The topological polar surface area (TPSA) is 20.2 Å². The zero-order valence-corrected chi connectivity index (χ0v) is 9.31. The lowest BCUT2D eigenvalue weighted by atomic mass is 10.1. The maximum atomic E-state index is 13.1.